The second-order valence-electron chi connectivity index (χ2n) is 3.48. The van der Waals surface area contributed by atoms with Crippen molar-refractivity contribution in [3.8, 4) is 0 Å². The van der Waals surface area contributed by atoms with E-state index in [4.69, 9.17) is 41.5 Å². The topological polar surface area (TPSA) is 185 Å². The number of rotatable bonds is 7. The summed E-state index contributed by atoms with van der Waals surface area (Å²) < 4.78 is 0. The Bertz CT molecular complexity index is 201. The summed E-state index contributed by atoms with van der Waals surface area (Å²) >= 11 is 0. The van der Waals surface area contributed by atoms with Gasteiger partial charge in [0.1, 0.15) is 24.4 Å². The summed E-state index contributed by atoms with van der Waals surface area (Å²) in [4.78, 5) is 9.90. The summed E-state index contributed by atoms with van der Waals surface area (Å²) in [6.07, 6.45) is -6.84. The standard InChI is InChI=1S/C6H12O6.C3H9NO2/c7-1-3(9)5(11)6(12)4(10)2-8;4-3(1-5)2-6/h1,3-6,8-12H,2H2;3,5-6H,1-2,4H2/t3-,4+,5+,6+;/m0./s1. The van der Waals surface area contributed by atoms with Gasteiger partial charge < -0.3 is 46.3 Å². The lowest BCUT2D eigenvalue weighted by atomic mass is 10.0. The molecule has 0 rings (SSSR count). The number of aldehydes is 1. The van der Waals surface area contributed by atoms with Crippen LogP contribution in [0.2, 0.25) is 0 Å². The maximum atomic E-state index is 9.90. The average molecular weight is 271 g/mol. The fourth-order valence-corrected chi connectivity index (χ4v) is 0.676. The van der Waals surface area contributed by atoms with Crippen molar-refractivity contribution in [3.05, 3.63) is 0 Å². The van der Waals surface area contributed by atoms with Crippen LogP contribution in [0.4, 0.5) is 0 Å². The minimum atomic E-state index is -1.79. The maximum absolute atomic E-state index is 9.90. The van der Waals surface area contributed by atoms with Crippen molar-refractivity contribution in [3.63, 3.8) is 0 Å². The molecule has 0 aliphatic carbocycles. The lowest BCUT2D eigenvalue weighted by Crippen LogP contribution is -2.46. The van der Waals surface area contributed by atoms with Crippen molar-refractivity contribution in [2.75, 3.05) is 19.8 Å². The van der Waals surface area contributed by atoms with Gasteiger partial charge in [-0.05, 0) is 0 Å². The molecule has 0 heterocycles. The smallest absolute Gasteiger partial charge is 0.151 e. The molecule has 0 fully saturated rings. The number of hydrogen-bond acceptors (Lipinski definition) is 9. The highest BCUT2D eigenvalue weighted by Gasteiger charge is 2.29. The molecule has 0 aromatic heterocycles. The fourth-order valence-electron chi connectivity index (χ4n) is 0.676. The molecule has 0 aliphatic rings. The molecule has 0 saturated carbocycles. The van der Waals surface area contributed by atoms with Gasteiger partial charge in [-0.1, -0.05) is 0 Å². The Hall–Kier alpha value is -0.650. The van der Waals surface area contributed by atoms with Gasteiger partial charge in [0.15, 0.2) is 6.29 Å². The lowest BCUT2D eigenvalue weighted by molar-refractivity contribution is -0.136. The number of aliphatic hydroxyl groups excluding tert-OH is 7. The van der Waals surface area contributed by atoms with Crippen LogP contribution in [0.15, 0.2) is 0 Å². The van der Waals surface area contributed by atoms with Crippen molar-refractivity contribution < 1.29 is 40.5 Å². The molecule has 9 N–H and O–H groups in total. The van der Waals surface area contributed by atoms with Crippen LogP contribution in [0.3, 0.4) is 0 Å². The van der Waals surface area contributed by atoms with E-state index in [2.05, 4.69) is 0 Å². The molecule has 0 amide bonds. The number of aliphatic hydroxyl groups is 7. The van der Waals surface area contributed by atoms with Gasteiger partial charge in [-0.25, -0.2) is 0 Å². The van der Waals surface area contributed by atoms with Crippen LogP contribution in [0.25, 0.3) is 0 Å². The van der Waals surface area contributed by atoms with Gasteiger partial charge in [0.05, 0.1) is 25.9 Å². The van der Waals surface area contributed by atoms with Crippen molar-refractivity contribution in [1.29, 1.82) is 0 Å². The molecule has 0 saturated heterocycles. The first-order valence-corrected chi connectivity index (χ1v) is 5.11. The fraction of sp³-hybridized carbons (Fsp3) is 0.889. The van der Waals surface area contributed by atoms with E-state index in [1.165, 1.54) is 0 Å². The molecule has 18 heavy (non-hydrogen) atoms. The molecule has 0 aliphatic heterocycles. The van der Waals surface area contributed by atoms with Gasteiger partial charge in [0.25, 0.3) is 0 Å². The molecule has 9 nitrogen and oxygen atoms in total. The Morgan fingerprint density at radius 2 is 1.33 bits per heavy atom. The predicted octanol–water partition coefficient (Wildman–Crippen LogP) is -5.08. The molecule has 0 spiro atoms. The molecular formula is C9H21NO8. The predicted molar refractivity (Wildman–Crippen MR) is 59.3 cm³/mol. The zero-order chi connectivity index (χ0) is 14.7. The highest BCUT2D eigenvalue weighted by molar-refractivity contribution is 5.56. The van der Waals surface area contributed by atoms with E-state index in [9.17, 15) is 4.79 Å². The second-order valence-corrected chi connectivity index (χ2v) is 3.48. The van der Waals surface area contributed by atoms with Crippen LogP contribution >= 0.6 is 0 Å². The van der Waals surface area contributed by atoms with Gasteiger partial charge in [-0.3, -0.25) is 0 Å². The SMILES string of the molecule is NC(CO)CO.O=C[C@H](O)[C@@H](O)[C@H](O)[C@H](O)CO. The molecule has 0 unspecified atom stereocenters. The highest BCUT2D eigenvalue weighted by Crippen LogP contribution is 2.02. The first kappa shape index (κ1) is 19.7. The van der Waals surface area contributed by atoms with Gasteiger partial charge in [0, 0.05) is 0 Å². The second kappa shape index (κ2) is 11.4. The van der Waals surface area contributed by atoms with Crippen LogP contribution in [-0.4, -0.2) is 92.3 Å². The normalized spacial score (nSPS) is 17.4. The summed E-state index contributed by atoms with van der Waals surface area (Å²) in [5, 5.41) is 59.6. The van der Waals surface area contributed by atoms with E-state index in [0.29, 0.717) is 0 Å². The molecule has 0 radical (unpaired) electrons. The first-order valence-electron chi connectivity index (χ1n) is 5.11. The Kier molecular flexibility index (Phi) is 12.5. The van der Waals surface area contributed by atoms with Crippen molar-refractivity contribution in [2.24, 2.45) is 5.73 Å². The van der Waals surface area contributed by atoms with Crippen LogP contribution < -0.4 is 5.73 Å². The number of carbonyl (C=O) groups is 1. The quantitative estimate of drug-likeness (QED) is 0.210. The lowest BCUT2D eigenvalue weighted by Gasteiger charge is -2.22. The Morgan fingerprint density at radius 3 is 1.56 bits per heavy atom. The van der Waals surface area contributed by atoms with Crippen LogP contribution in [-0.2, 0) is 4.79 Å². The Balaban J connectivity index is 0. The third-order valence-electron chi connectivity index (χ3n) is 1.89. The largest absolute Gasteiger partial charge is 0.395 e. The van der Waals surface area contributed by atoms with E-state index in [1.54, 1.807) is 0 Å². The van der Waals surface area contributed by atoms with E-state index < -0.39 is 37.1 Å². The third kappa shape index (κ3) is 8.44. The third-order valence-corrected chi connectivity index (χ3v) is 1.89. The zero-order valence-electron chi connectivity index (χ0n) is 9.70. The summed E-state index contributed by atoms with van der Waals surface area (Å²) in [7, 11) is 0. The van der Waals surface area contributed by atoms with Crippen molar-refractivity contribution in [1.82, 2.24) is 0 Å². The minimum absolute atomic E-state index is 0.0258. The Labute approximate surface area is 104 Å². The van der Waals surface area contributed by atoms with Gasteiger partial charge in [0.2, 0.25) is 0 Å². The minimum Gasteiger partial charge on any atom is -0.395 e. The van der Waals surface area contributed by atoms with E-state index in [1.807, 2.05) is 0 Å². The first-order chi connectivity index (χ1) is 8.35. The average Bonchev–Trinajstić information content (AvgIpc) is 2.43. The molecule has 0 bridgehead atoms. The Morgan fingerprint density at radius 1 is 0.889 bits per heavy atom. The number of hydrogen-bond donors (Lipinski definition) is 8. The van der Waals surface area contributed by atoms with E-state index in [0.717, 1.165) is 0 Å². The summed E-state index contributed by atoms with van der Waals surface area (Å²) in [6.45, 7) is -1.04. The molecule has 9 heteroatoms. The number of nitrogens with two attached hydrogens (primary N) is 1. The summed E-state index contributed by atoms with van der Waals surface area (Å²) in [5.74, 6) is 0. The highest BCUT2D eigenvalue weighted by atomic mass is 16.4. The van der Waals surface area contributed by atoms with Gasteiger partial charge in [-0.2, -0.15) is 0 Å². The summed E-state index contributed by atoms with van der Waals surface area (Å²) in [5.41, 5.74) is 4.97. The van der Waals surface area contributed by atoms with Crippen LogP contribution in [0.5, 0.6) is 0 Å². The van der Waals surface area contributed by atoms with Crippen molar-refractivity contribution in [2.45, 2.75) is 30.5 Å². The summed E-state index contributed by atoms with van der Waals surface area (Å²) in [6, 6.07) is -0.454. The van der Waals surface area contributed by atoms with Crippen molar-refractivity contribution >= 4 is 6.29 Å². The monoisotopic (exact) mass is 271 g/mol. The molecular weight excluding hydrogens is 250 g/mol. The van der Waals surface area contributed by atoms with Gasteiger partial charge in [-0.15, -0.1) is 0 Å². The molecule has 110 valence electrons. The zero-order valence-corrected chi connectivity index (χ0v) is 9.70. The molecule has 4 atom stereocenters. The van der Waals surface area contributed by atoms with E-state index in [-0.39, 0.29) is 19.5 Å². The number of carbonyl (C=O) groups excluding carboxylic acids is 1. The molecule has 0 aromatic rings. The van der Waals surface area contributed by atoms with E-state index >= 15 is 0 Å². The molecule has 0 aromatic carbocycles. The van der Waals surface area contributed by atoms with Crippen LogP contribution in [0.1, 0.15) is 0 Å². The van der Waals surface area contributed by atoms with Crippen LogP contribution in [0, 0.1) is 0 Å². The van der Waals surface area contributed by atoms with Gasteiger partial charge >= 0.3 is 0 Å². The maximum Gasteiger partial charge on any atom is 0.151 e.